The highest BCUT2D eigenvalue weighted by Crippen LogP contribution is 2.34. The molecule has 12 heteroatoms. The number of halogens is 3. The maximum absolute atomic E-state index is 14.1. The topological polar surface area (TPSA) is 90.1 Å². The summed E-state index contributed by atoms with van der Waals surface area (Å²) in [5.41, 5.74) is 3.44. The van der Waals surface area contributed by atoms with Gasteiger partial charge in [0.1, 0.15) is 16.8 Å². The fourth-order valence-corrected chi connectivity index (χ4v) is 5.46. The summed E-state index contributed by atoms with van der Waals surface area (Å²) in [5, 5.41) is 19.6. The highest BCUT2D eigenvalue weighted by Gasteiger charge is 2.37. The lowest BCUT2D eigenvalue weighted by atomic mass is 9.94. The first-order valence-electron chi connectivity index (χ1n) is 11.4. The molecule has 1 aliphatic rings. The van der Waals surface area contributed by atoms with Crippen LogP contribution in [0.3, 0.4) is 0 Å². The van der Waals surface area contributed by atoms with Crippen LogP contribution in [-0.2, 0) is 18.0 Å². The van der Waals surface area contributed by atoms with Crippen molar-refractivity contribution in [1.29, 1.82) is 5.41 Å². The van der Waals surface area contributed by atoms with Gasteiger partial charge < -0.3 is 10.7 Å². The van der Waals surface area contributed by atoms with Crippen molar-refractivity contribution in [3.05, 3.63) is 65.1 Å². The minimum absolute atomic E-state index is 0.238. The minimum atomic E-state index is -2.91. The quantitative estimate of drug-likeness (QED) is 0.439. The number of benzene rings is 2. The fourth-order valence-electron chi connectivity index (χ4n) is 4.34. The van der Waals surface area contributed by atoms with E-state index in [-0.39, 0.29) is 18.9 Å². The summed E-state index contributed by atoms with van der Waals surface area (Å²) in [6, 6.07) is 9.03. The molecule has 0 aliphatic carbocycles. The summed E-state index contributed by atoms with van der Waals surface area (Å²) in [6.07, 6.45) is 2.62. The number of aromatic nitrogens is 3. The van der Waals surface area contributed by atoms with Crippen molar-refractivity contribution in [2.24, 2.45) is 7.05 Å². The molecule has 8 nitrogen and oxygen atoms in total. The molecular formula is C24H28F3N7OS. The van der Waals surface area contributed by atoms with Crippen LogP contribution in [-0.4, -0.2) is 66.7 Å². The third-order valence-corrected chi connectivity index (χ3v) is 7.35. The number of aryl methyl sites for hydroxylation is 2. The largest absolute Gasteiger partial charge is 0.355 e. The number of hydrogen-bond acceptors (Lipinski definition) is 6. The smallest absolute Gasteiger partial charge is 0.257 e. The first-order chi connectivity index (χ1) is 17.0. The summed E-state index contributed by atoms with van der Waals surface area (Å²) in [7, 11) is 0.0422. The van der Waals surface area contributed by atoms with Gasteiger partial charge in [-0.2, -0.15) is 9.90 Å². The first-order valence-corrected chi connectivity index (χ1v) is 12.5. The number of hydrogen-bond donors (Lipinski definition) is 2. The van der Waals surface area contributed by atoms with E-state index in [1.165, 1.54) is 29.3 Å². The van der Waals surface area contributed by atoms with E-state index in [1.54, 1.807) is 34.5 Å². The van der Waals surface area contributed by atoms with Gasteiger partial charge in [-0.05, 0) is 54.4 Å². The van der Waals surface area contributed by atoms with Crippen LogP contribution in [0.2, 0.25) is 0 Å². The molecule has 0 spiro atoms. The van der Waals surface area contributed by atoms with Crippen molar-refractivity contribution < 1.29 is 17.4 Å². The maximum Gasteiger partial charge on any atom is 0.257 e. The molecule has 0 amide bonds. The maximum atomic E-state index is 14.1. The van der Waals surface area contributed by atoms with Gasteiger partial charge in [0.25, 0.3) is 5.92 Å². The highest BCUT2D eigenvalue weighted by atomic mass is 32.2. The number of nitrogens with zero attached hydrogens (tertiary/aromatic N) is 5. The van der Waals surface area contributed by atoms with Crippen LogP contribution in [0.4, 0.5) is 24.5 Å². The Bertz CT molecular complexity index is 1260. The number of alkyl halides is 2. The average Bonchev–Trinajstić information content (AvgIpc) is 3.26. The van der Waals surface area contributed by atoms with Crippen LogP contribution in [0, 0.1) is 18.2 Å². The van der Waals surface area contributed by atoms with E-state index in [0.29, 0.717) is 28.5 Å². The Morgan fingerprint density at radius 2 is 1.97 bits per heavy atom. The molecule has 0 radical (unpaired) electrons. The van der Waals surface area contributed by atoms with E-state index >= 15 is 0 Å². The molecule has 2 atom stereocenters. The molecule has 1 aliphatic heterocycles. The number of nitrogens with one attached hydrogen (secondary N) is 2. The van der Waals surface area contributed by atoms with E-state index < -0.39 is 29.5 Å². The Morgan fingerprint density at radius 3 is 2.58 bits per heavy atom. The van der Waals surface area contributed by atoms with Crippen molar-refractivity contribution >= 4 is 28.6 Å². The normalized spacial score (nSPS) is 18.2. The molecule has 1 fully saturated rings. The third-order valence-electron chi connectivity index (χ3n) is 6.00. The molecule has 0 saturated carbocycles. The van der Waals surface area contributed by atoms with Gasteiger partial charge in [0.05, 0.1) is 12.7 Å². The molecule has 192 valence electrons. The van der Waals surface area contributed by atoms with Crippen LogP contribution in [0.15, 0.2) is 47.6 Å². The van der Waals surface area contributed by atoms with Crippen molar-refractivity contribution in [2.45, 2.75) is 30.8 Å². The molecule has 2 aromatic carbocycles. The van der Waals surface area contributed by atoms with Gasteiger partial charge in [-0.1, -0.05) is 0 Å². The zero-order valence-electron chi connectivity index (χ0n) is 20.2. The van der Waals surface area contributed by atoms with Gasteiger partial charge in [0.2, 0.25) is 0 Å². The second-order valence-electron chi connectivity index (χ2n) is 8.94. The fraction of sp³-hybridized carbons (Fsp3) is 0.375. The molecule has 1 saturated heterocycles. The van der Waals surface area contributed by atoms with Crippen LogP contribution in [0.25, 0.3) is 0 Å². The molecule has 2 heterocycles. The minimum Gasteiger partial charge on any atom is -0.355 e. The van der Waals surface area contributed by atoms with Gasteiger partial charge in [-0.15, -0.1) is 5.10 Å². The summed E-state index contributed by atoms with van der Waals surface area (Å²) in [6.45, 7) is 3.17. The van der Waals surface area contributed by atoms with E-state index in [4.69, 9.17) is 5.41 Å². The average molecular weight is 520 g/mol. The Balaban J connectivity index is 1.67. The van der Waals surface area contributed by atoms with Gasteiger partial charge in [0.15, 0.2) is 5.03 Å². The van der Waals surface area contributed by atoms with Gasteiger partial charge in [-0.25, -0.2) is 21.7 Å². The lowest BCUT2D eigenvalue weighted by Crippen LogP contribution is -2.51. The number of anilines is 2. The van der Waals surface area contributed by atoms with Crippen molar-refractivity contribution in [1.82, 2.24) is 24.2 Å². The predicted octanol–water partition coefficient (Wildman–Crippen LogP) is 4.04. The van der Waals surface area contributed by atoms with Gasteiger partial charge in [-0.3, -0.25) is 4.90 Å². The van der Waals surface area contributed by atoms with E-state index in [0.717, 1.165) is 18.1 Å². The van der Waals surface area contributed by atoms with Crippen LogP contribution in [0.5, 0.6) is 0 Å². The lowest BCUT2D eigenvalue weighted by molar-refractivity contribution is -0.0371. The second-order valence-corrected chi connectivity index (χ2v) is 10.4. The molecule has 3 aromatic rings. The highest BCUT2D eigenvalue weighted by molar-refractivity contribution is 7.82. The van der Waals surface area contributed by atoms with E-state index in [1.807, 2.05) is 13.0 Å². The molecule has 4 rings (SSSR count). The zero-order valence-corrected chi connectivity index (χ0v) is 21.0. The Labute approximate surface area is 210 Å². The number of rotatable bonds is 8. The van der Waals surface area contributed by atoms with Crippen LogP contribution in [0.1, 0.15) is 29.7 Å². The third kappa shape index (κ3) is 6.00. The monoisotopic (exact) mass is 519 g/mol. The second kappa shape index (κ2) is 10.5. The molecule has 0 bridgehead atoms. The van der Waals surface area contributed by atoms with Crippen LogP contribution >= 0.6 is 0 Å². The first kappa shape index (κ1) is 26.0. The summed E-state index contributed by atoms with van der Waals surface area (Å²) >= 11 is 0. The molecule has 36 heavy (non-hydrogen) atoms. The summed E-state index contributed by atoms with van der Waals surface area (Å²) in [4.78, 5) is 3.03. The van der Waals surface area contributed by atoms with Gasteiger partial charge >= 0.3 is 0 Å². The molecular weight excluding hydrogens is 491 g/mol. The Hall–Kier alpha value is -3.09. The SMILES string of the molecule is Cc1cc(Nc2ccc(F)cc2)c(C=N)cc1C1CN(S(=O)c2cnn(C)n2)CCN1CC(C)(F)F. The standard InChI is InChI=1S/C24H28F3N7OS/c1-16-10-21(30-19-6-4-18(25)5-7-19)17(12-28)11-20(16)22-14-34(9-8-33(22)15-24(2,26)27)36(35)23-13-29-32(3)31-23/h4-7,10-13,22,28,30H,8-9,14-15H2,1-3H3. The molecule has 2 N–H and O–H groups in total. The molecule has 2 unspecified atom stereocenters. The van der Waals surface area contributed by atoms with Crippen molar-refractivity contribution in [3.8, 4) is 0 Å². The Morgan fingerprint density at radius 1 is 1.25 bits per heavy atom. The zero-order chi connectivity index (χ0) is 26.0. The summed E-state index contributed by atoms with van der Waals surface area (Å²) < 4.78 is 56.3. The number of piperazine rings is 1. The predicted molar refractivity (Wildman–Crippen MR) is 133 cm³/mol. The van der Waals surface area contributed by atoms with Crippen molar-refractivity contribution in [2.75, 3.05) is 31.5 Å². The Kier molecular flexibility index (Phi) is 7.57. The van der Waals surface area contributed by atoms with Gasteiger partial charge in [0, 0.05) is 62.8 Å². The van der Waals surface area contributed by atoms with Crippen LogP contribution < -0.4 is 5.32 Å². The van der Waals surface area contributed by atoms with Crippen molar-refractivity contribution in [3.63, 3.8) is 0 Å². The lowest BCUT2D eigenvalue weighted by Gasteiger charge is -2.42. The van der Waals surface area contributed by atoms with E-state index in [9.17, 15) is 17.4 Å². The van der Waals surface area contributed by atoms with E-state index in [2.05, 4.69) is 15.5 Å². The molecule has 1 aromatic heterocycles. The summed E-state index contributed by atoms with van der Waals surface area (Å²) in [5.74, 6) is -3.26.